The predicted molar refractivity (Wildman–Crippen MR) is 86.1 cm³/mol. The molecule has 0 aromatic heterocycles. The highest BCUT2D eigenvalue weighted by Gasteiger charge is 2.25. The molecule has 122 valence electrons. The summed E-state index contributed by atoms with van der Waals surface area (Å²) < 4.78 is 26.6. The zero-order valence-electron chi connectivity index (χ0n) is 13.3. The number of carbonyl (C=O) groups is 1. The molecule has 1 aliphatic heterocycles. The molecule has 1 aromatic carbocycles. The highest BCUT2D eigenvalue weighted by molar-refractivity contribution is 7.89. The molecule has 22 heavy (non-hydrogen) atoms. The van der Waals surface area contributed by atoms with Crippen molar-refractivity contribution in [3.63, 3.8) is 0 Å². The van der Waals surface area contributed by atoms with Crippen LogP contribution in [0.2, 0.25) is 0 Å². The van der Waals surface area contributed by atoms with Gasteiger partial charge in [-0.05, 0) is 37.5 Å². The fraction of sp³-hybridized carbons (Fsp3) is 0.562. The lowest BCUT2D eigenvalue weighted by molar-refractivity contribution is -0.128. The molecule has 2 rings (SSSR count). The second-order valence-electron chi connectivity index (χ2n) is 5.69. The molecule has 0 N–H and O–H groups in total. The number of sulfonamides is 1. The summed E-state index contributed by atoms with van der Waals surface area (Å²) in [5.41, 5.74) is 0.836. The molecule has 0 saturated carbocycles. The summed E-state index contributed by atoms with van der Waals surface area (Å²) in [4.78, 5) is 13.8. The van der Waals surface area contributed by atoms with Crippen LogP contribution in [0.3, 0.4) is 0 Å². The molecule has 1 fully saturated rings. The molecule has 1 aliphatic rings. The third-order valence-electron chi connectivity index (χ3n) is 4.13. The third kappa shape index (κ3) is 3.87. The molecular weight excluding hydrogens is 300 g/mol. The molecule has 5 nitrogen and oxygen atoms in total. The van der Waals surface area contributed by atoms with E-state index in [9.17, 15) is 13.2 Å². The summed E-state index contributed by atoms with van der Waals surface area (Å²) >= 11 is 0. The van der Waals surface area contributed by atoms with Gasteiger partial charge in [-0.15, -0.1) is 0 Å². The predicted octanol–water partition coefficient (Wildman–Crippen LogP) is 1.88. The molecule has 0 spiro atoms. The first-order valence-corrected chi connectivity index (χ1v) is 9.22. The minimum Gasteiger partial charge on any atom is -0.346 e. The lowest BCUT2D eigenvalue weighted by Gasteiger charge is -2.25. The lowest BCUT2D eigenvalue weighted by Crippen LogP contribution is -2.35. The fourth-order valence-corrected chi connectivity index (χ4v) is 4.04. The van der Waals surface area contributed by atoms with Crippen LogP contribution in [0, 0.1) is 0 Å². The van der Waals surface area contributed by atoms with Crippen molar-refractivity contribution in [3.8, 4) is 0 Å². The van der Waals surface area contributed by atoms with Crippen LogP contribution < -0.4 is 0 Å². The summed E-state index contributed by atoms with van der Waals surface area (Å²) in [6.07, 6.45) is 3.25. The van der Waals surface area contributed by atoms with Gasteiger partial charge >= 0.3 is 0 Å². The topological polar surface area (TPSA) is 57.7 Å². The van der Waals surface area contributed by atoms with Gasteiger partial charge in [0.05, 0.1) is 11.3 Å². The van der Waals surface area contributed by atoms with Crippen LogP contribution in [0.4, 0.5) is 0 Å². The number of benzene rings is 1. The summed E-state index contributed by atoms with van der Waals surface area (Å²) in [6, 6.07) is 6.69. The summed E-state index contributed by atoms with van der Waals surface area (Å²) in [5.74, 6) is 0.0362. The van der Waals surface area contributed by atoms with E-state index in [1.165, 1.54) is 0 Å². The molecule has 0 radical (unpaired) electrons. The van der Waals surface area contributed by atoms with Crippen molar-refractivity contribution in [1.29, 1.82) is 0 Å². The monoisotopic (exact) mass is 324 g/mol. The van der Waals surface area contributed by atoms with Gasteiger partial charge in [-0.2, -0.15) is 4.31 Å². The molecule has 1 heterocycles. The molecule has 0 aliphatic carbocycles. The third-order valence-corrected chi connectivity index (χ3v) is 6.04. The van der Waals surface area contributed by atoms with Crippen LogP contribution in [-0.2, 0) is 21.2 Å². The summed E-state index contributed by atoms with van der Waals surface area (Å²) in [5, 5.41) is 0. The van der Waals surface area contributed by atoms with Crippen LogP contribution in [0.1, 0.15) is 31.7 Å². The van der Waals surface area contributed by atoms with Crippen molar-refractivity contribution < 1.29 is 13.2 Å². The van der Waals surface area contributed by atoms with Crippen molar-refractivity contribution in [3.05, 3.63) is 29.8 Å². The molecular formula is C16H24N2O3S. The first-order chi connectivity index (χ1) is 10.4. The van der Waals surface area contributed by atoms with Gasteiger partial charge < -0.3 is 4.90 Å². The van der Waals surface area contributed by atoms with Crippen molar-refractivity contribution in [1.82, 2.24) is 9.21 Å². The smallest absolute Gasteiger partial charge is 0.243 e. The minimum absolute atomic E-state index is 0.0362. The summed E-state index contributed by atoms with van der Waals surface area (Å²) in [7, 11) is -1.63. The first-order valence-electron chi connectivity index (χ1n) is 7.78. The first kappa shape index (κ1) is 17.0. The van der Waals surface area contributed by atoms with E-state index >= 15 is 0 Å². The number of likely N-dealkylation sites (N-methyl/N-ethyl adjacent to an activating group) is 1. The highest BCUT2D eigenvalue weighted by atomic mass is 32.2. The number of rotatable bonds is 5. The molecule has 1 amide bonds. The van der Waals surface area contributed by atoms with Gasteiger partial charge in [-0.1, -0.05) is 18.6 Å². The minimum atomic E-state index is -3.39. The van der Waals surface area contributed by atoms with Crippen LogP contribution in [0.5, 0.6) is 0 Å². The molecule has 0 atom stereocenters. The maximum absolute atomic E-state index is 12.5. The van der Waals surface area contributed by atoms with Crippen molar-refractivity contribution in [2.45, 2.75) is 37.5 Å². The van der Waals surface area contributed by atoms with Gasteiger partial charge in [0.1, 0.15) is 0 Å². The average molecular weight is 324 g/mol. The van der Waals surface area contributed by atoms with E-state index in [4.69, 9.17) is 0 Å². The zero-order valence-corrected chi connectivity index (χ0v) is 14.1. The van der Waals surface area contributed by atoms with Crippen molar-refractivity contribution in [2.24, 2.45) is 0 Å². The normalized spacial score (nSPS) is 16.5. The van der Waals surface area contributed by atoms with E-state index in [1.54, 1.807) is 40.5 Å². The molecule has 6 heteroatoms. The van der Waals surface area contributed by atoms with E-state index in [-0.39, 0.29) is 5.91 Å². The van der Waals surface area contributed by atoms with E-state index < -0.39 is 10.0 Å². The molecule has 0 unspecified atom stereocenters. The average Bonchev–Trinajstić information content (AvgIpc) is 2.55. The van der Waals surface area contributed by atoms with Gasteiger partial charge in [-0.3, -0.25) is 4.79 Å². The number of nitrogens with zero attached hydrogens (tertiary/aromatic N) is 2. The van der Waals surface area contributed by atoms with Crippen molar-refractivity contribution >= 4 is 15.9 Å². The van der Waals surface area contributed by atoms with Gasteiger partial charge in [0.2, 0.25) is 15.9 Å². The lowest BCUT2D eigenvalue weighted by atomic mass is 10.1. The Balaban J connectivity index is 2.09. The van der Waals surface area contributed by atoms with E-state index in [2.05, 4.69) is 0 Å². The Hall–Kier alpha value is -1.40. The molecule has 0 bridgehead atoms. The van der Waals surface area contributed by atoms with Gasteiger partial charge in [0.15, 0.2) is 0 Å². The number of carbonyl (C=O) groups excluding carboxylic acids is 1. The summed E-state index contributed by atoms with van der Waals surface area (Å²) in [6.45, 7) is 3.79. The Morgan fingerprint density at radius 1 is 1.14 bits per heavy atom. The molecule has 1 saturated heterocycles. The Kier molecular flexibility index (Phi) is 5.58. The molecule has 1 aromatic rings. The van der Waals surface area contributed by atoms with Crippen molar-refractivity contribution in [2.75, 3.05) is 26.7 Å². The van der Waals surface area contributed by atoms with Crippen LogP contribution in [0.25, 0.3) is 0 Å². The standard InChI is InChI=1S/C16H24N2O3S/c1-3-17(2)16(19)13-14-7-9-15(10-8-14)22(20,21)18-11-5-4-6-12-18/h7-10H,3-6,11-13H2,1-2H3. The van der Waals surface area contributed by atoms with Crippen LogP contribution in [0.15, 0.2) is 29.2 Å². The fourth-order valence-electron chi connectivity index (χ4n) is 2.52. The van der Waals surface area contributed by atoms with E-state index in [1.807, 2.05) is 6.92 Å². The second-order valence-corrected chi connectivity index (χ2v) is 7.63. The number of amides is 1. The van der Waals surface area contributed by atoms with Gasteiger partial charge in [-0.25, -0.2) is 8.42 Å². The van der Waals surface area contributed by atoms with E-state index in [0.717, 1.165) is 24.8 Å². The maximum Gasteiger partial charge on any atom is 0.243 e. The zero-order chi connectivity index (χ0) is 16.2. The quantitative estimate of drug-likeness (QED) is 0.831. The Labute approximate surface area is 133 Å². The second kappa shape index (κ2) is 7.24. The maximum atomic E-state index is 12.5. The number of piperidine rings is 1. The Morgan fingerprint density at radius 3 is 2.27 bits per heavy atom. The van der Waals surface area contributed by atoms with Crippen LogP contribution in [-0.4, -0.2) is 50.2 Å². The number of hydrogen-bond acceptors (Lipinski definition) is 3. The van der Waals surface area contributed by atoms with E-state index in [0.29, 0.717) is 31.0 Å². The highest BCUT2D eigenvalue weighted by Crippen LogP contribution is 2.21. The van der Waals surface area contributed by atoms with Gasteiger partial charge in [0, 0.05) is 26.7 Å². The largest absolute Gasteiger partial charge is 0.346 e. The SMILES string of the molecule is CCN(C)C(=O)Cc1ccc(S(=O)(=O)N2CCCCC2)cc1. The van der Waals surface area contributed by atoms with Crippen LogP contribution >= 0.6 is 0 Å². The number of hydrogen-bond donors (Lipinski definition) is 0. The van der Waals surface area contributed by atoms with Gasteiger partial charge in [0.25, 0.3) is 0 Å². The Morgan fingerprint density at radius 2 is 1.73 bits per heavy atom. The Bertz CT molecular complexity index is 605.